The number of nitrogens with two attached hydrogens (primary N) is 4. The van der Waals surface area contributed by atoms with Crippen LogP contribution in [-0.4, -0.2) is 352 Å². The van der Waals surface area contributed by atoms with Crippen molar-refractivity contribution in [3.63, 3.8) is 0 Å². The van der Waals surface area contributed by atoms with Crippen LogP contribution in [0.1, 0.15) is 99.2 Å². The number of likely N-dealkylation sites (N-methyl/N-ethyl adjacent to an activating group) is 2. The molecule has 14 N–H and O–H groups in total. The average molecular weight is 2060 g/mol. The van der Waals surface area contributed by atoms with Gasteiger partial charge in [0.15, 0.2) is 86.6 Å². The van der Waals surface area contributed by atoms with Crippen LogP contribution in [0, 0.1) is 70.3 Å². The van der Waals surface area contributed by atoms with Crippen LogP contribution in [-0.2, 0) is 28.7 Å². The Morgan fingerprint density at radius 1 is 0.385 bits per heavy atom. The second kappa shape index (κ2) is 45.2. The van der Waals surface area contributed by atoms with Crippen molar-refractivity contribution in [3.8, 4) is 0 Å². The third kappa shape index (κ3) is 22.6. The molecule has 784 valence electrons. The van der Waals surface area contributed by atoms with Gasteiger partial charge in [-0.2, -0.15) is 0 Å². The fourth-order valence-electron chi connectivity index (χ4n) is 20.6. The second-order valence-corrected chi connectivity index (χ2v) is 38.0. The van der Waals surface area contributed by atoms with Crippen molar-refractivity contribution >= 4 is 139 Å². The highest BCUT2D eigenvalue weighted by Gasteiger charge is 2.42. The van der Waals surface area contributed by atoms with E-state index in [2.05, 4.69) is 110 Å². The molecule has 0 bridgehead atoms. The number of ether oxygens (including phenoxy) is 2. The van der Waals surface area contributed by atoms with Gasteiger partial charge in [-0.3, -0.25) is 63.2 Å². The first-order valence-electron chi connectivity index (χ1n) is 48.6. The number of aromatic nitrogens is 16. The maximum Gasteiger partial charge on any atom is 0.263 e. The number of halogens is 7. The molecule has 0 spiro atoms. The molecule has 148 heavy (non-hydrogen) atoms. The molecule has 0 unspecified atom stereocenters. The summed E-state index contributed by atoms with van der Waals surface area (Å²) < 4.78 is 114. The number of carbonyl (C=O) groups is 8. The van der Waals surface area contributed by atoms with Gasteiger partial charge in [0.2, 0.25) is 23.6 Å². The number of piperidine rings is 4. The van der Waals surface area contributed by atoms with Gasteiger partial charge in [0.05, 0.1) is 167 Å². The quantitative estimate of drug-likeness (QED) is 0.0491. The lowest BCUT2D eigenvalue weighted by Crippen LogP contribution is -3.12. The van der Waals surface area contributed by atoms with Gasteiger partial charge >= 0.3 is 0 Å². The van der Waals surface area contributed by atoms with Crippen molar-refractivity contribution in [3.05, 3.63) is 168 Å². The third-order valence-electron chi connectivity index (χ3n) is 28.4. The van der Waals surface area contributed by atoms with E-state index in [0.717, 1.165) is 183 Å². The van der Waals surface area contributed by atoms with E-state index in [9.17, 15) is 64.7 Å². The lowest BCUT2D eigenvalue weighted by atomic mass is 9.91. The highest BCUT2D eigenvalue weighted by atomic mass is 19.2. The van der Waals surface area contributed by atoms with Gasteiger partial charge in [0.1, 0.15) is 39.3 Å². The summed E-state index contributed by atoms with van der Waals surface area (Å²) in [5.41, 5.74) is 26.2. The van der Waals surface area contributed by atoms with E-state index in [-0.39, 0.29) is 161 Å². The molecule has 21 heterocycles. The molecule has 8 amide bonds. The molecule has 1 atom stereocenters. The van der Waals surface area contributed by atoms with Crippen LogP contribution in [0.5, 0.6) is 0 Å². The monoisotopic (exact) mass is 2050 g/mol. The number of nitrogens with zero attached hydrogens (tertiary/aromatic N) is 26. The number of quaternary nitrogens is 1. The number of carbonyl (C=O) groups excluding carboxylic acids is 8. The van der Waals surface area contributed by atoms with Crippen LogP contribution in [0.4, 0.5) is 99.5 Å². The number of hydrogen-bond donors (Lipinski definition) is 9. The molecule has 12 aromatic rings. The van der Waals surface area contributed by atoms with Crippen LogP contribution in [0.25, 0.3) is 22.6 Å². The fourth-order valence-corrected chi connectivity index (χ4v) is 20.6. The van der Waals surface area contributed by atoms with E-state index in [1.54, 1.807) is 31.5 Å². The Morgan fingerprint density at radius 2 is 0.716 bits per heavy atom. The number of pyridine rings is 4. The highest BCUT2D eigenvalue weighted by Crippen LogP contribution is 2.40. The van der Waals surface area contributed by atoms with Crippen LogP contribution < -0.4 is 68.7 Å². The minimum atomic E-state index is -0.677. The smallest absolute Gasteiger partial charge is 0.263 e. The average Bonchev–Trinajstić information content (AvgIpc) is 1.58. The minimum absolute atomic E-state index is 0. The van der Waals surface area contributed by atoms with Crippen molar-refractivity contribution in [2.75, 3.05) is 243 Å². The van der Waals surface area contributed by atoms with Crippen LogP contribution in [0.3, 0.4) is 0 Å². The molecule has 46 nitrogen and oxygen atoms in total. The Morgan fingerprint density at radius 3 is 1.06 bits per heavy atom. The summed E-state index contributed by atoms with van der Waals surface area (Å²) in [4.78, 5) is 157. The number of nitrogen functional groups attached to an aromatic ring is 4. The van der Waals surface area contributed by atoms with Crippen LogP contribution in [0.2, 0.25) is 0 Å². The SMILES string of the molecule is CN1CC(N2CCN(C(=O)C3CCN(c4c(F)cncc4NC(=O)c4c(N)nn5cc(F)cnc45)CC3)CC2)C1.COCC1CN(C(=O)C2CCN(c3c(F)cncc3NC(=O)c3c(N)nn4cc(F)cnc34)CC2)C1.CO[C@H]1CCN(C(=O)C2CCN(c3ccncc3NC(=O)c3c(N)nn4cc(F)cnc34)CC2)C1.C[NH+]1CCN(C(=O)C2CCN(c3c(F)cncc3NC(=O)c3c(N)nn4cc(F)cnc34)CC2)CC1.[OH-]. The Labute approximate surface area is 841 Å². The van der Waals surface area contributed by atoms with E-state index >= 15 is 4.39 Å². The Hall–Kier alpha value is -15.5. The van der Waals surface area contributed by atoms with Crippen molar-refractivity contribution in [2.45, 2.75) is 69.9 Å². The fraction of sp³-hybridized carbons (Fsp3) is 0.453. The molecule has 9 fully saturated rings. The van der Waals surface area contributed by atoms with Crippen LogP contribution >= 0.6 is 0 Å². The summed E-state index contributed by atoms with van der Waals surface area (Å²) in [6.45, 7) is 16.3. The van der Waals surface area contributed by atoms with Crippen molar-refractivity contribution < 1.29 is 88.9 Å². The number of anilines is 12. The maximum atomic E-state index is 15.1. The molecule has 0 aliphatic carbocycles. The molecule has 0 aromatic carbocycles. The zero-order chi connectivity index (χ0) is 103. The van der Waals surface area contributed by atoms with E-state index in [0.29, 0.717) is 135 Å². The van der Waals surface area contributed by atoms with Gasteiger partial charge in [-0.1, -0.05) is 0 Å². The minimum Gasteiger partial charge on any atom is -0.870 e. The number of nitrogens with one attached hydrogen (secondary N) is 5. The van der Waals surface area contributed by atoms with Crippen molar-refractivity contribution in [1.82, 2.24) is 108 Å². The summed E-state index contributed by atoms with van der Waals surface area (Å²) >= 11 is 0. The molecular weight excluding hydrogens is 1940 g/mol. The van der Waals surface area contributed by atoms with Crippen LogP contribution in [0.15, 0.2) is 105 Å². The normalized spacial score (nSPS) is 18.1. The lowest BCUT2D eigenvalue weighted by Gasteiger charge is -2.47. The predicted octanol–water partition coefficient (Wildman–Crippen LogP) is 3.66. The second-order valence-electron chi connectivity index (χ2n) is 38.0. The zero-order valence-corrected chi connectivity index (χ0v) is 81.6. The highest BCUT2D eigenvalue weighted by molar-refractivity contribution is 6.15. The van der Waals surface area contributed by atoms with E-state index in [1.165, 1.54) is 23.5 Å². The summed E-state index contributed by atoms with van der Waals surface area (Å²) in [7, 11) is 7.58. The number of rotatable bonds is 20. The summed E-state index contributed by atoms with van der Waals surface area (Å²) in [6.07, 6.45) is 24.6. The molecule has 0 radical (unpaired) electrons. The van der Waals surface area contributed by atoms with E-state index < -0.39 is 64.3 Å². The first-order valence-corrected chi connectivity index (χ1v) is 48.6. The molecule has 9 aliphatic rings. The van der Waals surface area contributed by atoms with Crippen molar-refractivity contribution in [2.24, 2.45) is 29.6 Å². The maximum absolute atomic E-state index is 15.1. The number of piperazine rings is 2. The van der Waals surface area contributed by atoms with E-state index in [4.69, 9.17) is 32.4 Å². The third-order valence-corrected chi connectivity index (χ3v) is 28.4. The molecule has 53 heteroatoms. The number of methoxy groups -OCH3 is 2. The number of fused-ring (bicyclic) bond motifs is 4. The Kier molecular flexibility index (Phi) is 31.8. The Bertz CT molecular complexity index is 6900. The zero-order valence-electron chi connectivity index (χ0n) is 81.6. The lowest BCUT2D eigenvalue weighted by molar-refractivity contribution is -0.883. The van der Waals surface area contributed by atoms with Gasteiger partial charge in [0, 0.05) is 174 Å². The first-order chi connectivity index (χ1) is 70.9. The van der Waals surface area contributed by atoms with Gasteiger partial charge < -0.3 is 108 Å². The first kappa shape index (κ1) is 104. The van der Waals surface area contributed by atoms with Gasteiger partial charge in [-0.05, 0) is 70.9 Å². The molecule has 0 saturated carbocycles. The molecular formula is C95H114F7N35O11. The van der Waals surface area contributed by atoms with Crippen molar-refractivity contribution in [1.29, 1.82) is 0 Å². The molecule has 21 rings (SSSR count). The predicted molar refractivity (Wildman–Crippen MR) is 526 cm³/mol. The van der Waals surface area contributed by atoms with Gasteiger partial charge in [-0.25, -0.2) is 68.7 Å². The number of likely N-dealkylation sites (tertiary alicyclic amines) is 3. The van der Waals surface area contributed by atoms with Gasteiger partial charge in [0.25, 0.3) is 23.6 Å². The molecule has 9 saturated heterocycles. The van der Waals surface area contributed by atoms with E-state index in [1.807, 2.05) is 35.5 Å². The summed E-state index contributed by atoms with van der Waals surface area (Å²) in [5, 5.41) is 26.6. The largest absolute Gasteiger partial charge is 0.870 e. The molecule has 9 aliphatic heterocycles. The number of hydrogen-bond acceptors (Lipinski definition) is 33. The summed E-state index contributed by atoms with van der Waals surface area (Å²) in [5.74, 6) is -6.62. The topological polar surface area (TPSA) is 546 Å². The summed E-state index contributed by atoms with van der Waals surface area (Å²) in [6, 6.07) is 2.42. The standard InChI is InChI=1S/C26H32F2N10O2.C23H27F2N9O2.C23H26F2N8O3.C23H27FN8O3.H2O/c1-34-14-18(15-34)35-6-8-37(9-7-35)26(40)16-2-4-36(5-3-16)22-19(28)11-30-12-20(22)32-25(39)21-23(29)33-38-13-17(27)10-31-24(21)38;1-31-6-8-33(9-7-31)23(36)14-2-4-32(5-3-14)19-16(25)11-27-12-17(19)29-22(35)18-20(26)30-34-13-15(24)10-28-21(18)34;1-36-12-13-9-32(10-13)23(35)14-2-4-31(5-3-14)19-16(25)7-27-8-17(19)29-22(34)18-20(26)30-33-11-15(24)6-28-21(18)33;1-35-16-5-9-31(13-16)23(34)14-3-7-30(8-4-14)18-2-6-26-11-17(18)28-22(33)19-20(25)29-32-12-15(24)10-27-21(19)32;/h10-13,16,18H,2-9,14-15H2,1H3,(H2,29,33)(H,32,39);10-14H,2-9H2,1H3,(H2,26,30)(H,29,35);6-8,11,13-14H,2-5,9-10,12H2,1H3,(H2,26,30)(H,29,34);2,6,10-12,14,16H,3-5,7-9,13H2,1H3,(H2,25,29)(H,28,33);1H2/t;;;16-;/m...0./s1. The Balaban J connectivity index is 0.000000134. The number of amides is 8. The van der Waals surface area contributed by atoms with Gasteiger partial charge in [-0.15, -0.1) is 20.4 Å². The molecule has 12 aromatic heterocycles.